The minimum atomic E-state index is 0.961. The fourth-order valence-electron chi connectivity index (χ4n) is 1.76. The molecular formula is C15H20O. The Morgan fingerprint density at radius 2 is 1.88 bits per heavy atom. The van der Waals surface area contributed by atoms with Gasteiger partial charge < -0.3 is 4.74 Å². The molecule has 0 radical (unpaired) electrons. The van der Waals surface area contributed by atoms with Crippen LogP contribution in [0.5, 0.6) is 5.75 Å². The Hall–Kier alpha value is -1.50. The lowest BCUT2D eigenvalue weighted by Crippen LogP contribution is -1.95. The third-order valence-electron chi connectivity index (χ3n) is 2.86. The predicted molar refractivity (Wildman–Crippen MR) is 71.1 cm³/mol. The summed E-state index contributed by atoms with van der Waals surface area (Å²) in [7, 11) is 1.71. The Kier molecular flexibility index (Phi) is 3.94. The Morgan fingerprint density at radius 3 is 2.38 bits per heavy atom. The van der Waals surface area contributed by atoms with Crippen LogP contribution in [0.4, 0.5) is 0 Å². The number of benzene rings is 1. The van der Waals surface area contributed by atoms with Crippen molar-refractivity contribution >= 4 is 6.08 Å². The minimum absolute atomic E-state index is 0.961. The number of hydrogen-bond acceptors (Lipinski definition) is 1. The molecule has 0 N–H and O–H groups in total. The van der Waals surface area contributed by atoms with E-state index in [0.29, 0.717) is 0 Å². The molecule has 0 amide bonds. The molecule has 1 heteroatoms. The first-order valence-corrected chi connectivity index (χ1v) is 5.45. The summed E-state index contributed by atoms with van der Waals surface area (Å²) in [5.74, 6) is 0.961. The fourth-order valence-corrected chi connectivity index (χ4v) is 1.76. The van der Waals surface area contributed by atoms with Gasteiger partial charge in [0, 0.05) is 0 Å². The van der Waals surface area contributed by atoms with Crippen LogP contribution < -0.4 is 4.74 Å². The van der Waals surface area contributed by atoms with Crippen LogP contribution in [0.25, 0.3) is 6.08 Å². The first-order chi connectivity index (χ1) is 7.47. The molecule has 0 aliphatic rings. The Morgan fingerprint density at radius 1 is 1.25 bits per heavy atom. The van der Waals surface area contributed by atoms with Crippen molar-refractivity contribution in [2.24, 2.45) is 0 Å². The van der Waals surface area contributed by atoms with Crippen LogP contribution in [-0.4, -0.2) is 7.11 Å². The van der Waals surface area contributed by atoms with Gasteiger partial charge in [0.25, 0.3) is 0 Å². The molecule has 0 heterocycles. The molecule has 0 atom stereocenters. The van der Waals surface area contributed by atoms with E-state index in [1.54, 1.807) is 7.11 Å². The lowest BCUT2D eigenvalue weighted by molar-refractivity contribution is 0.411. The third-order valence-corrected chi connectivity index (χ3v) is 2.86. The van der Waals surface area contributed by atoms with Crippen LogP contribution in [-0.2, 0) is 0 Å². The van der Waals surface area contributed by atoms with Gasteiger partial charge in [0.1, 0.15) is 5.75 Å². The van der Waals surface area contributed by atoms with Gasteiger partial charge in [-0.15, -0.1) is 0 Å². The van der Waals surface area contributed by atoms with E-state index in [2.05, 4.69) is 39.5 Å². The lowest BCUT2D eigenvalue weighted by atomic mass is 9.96. The largest absolute Gasteiger partial charge is 0.496 e. The maximum absolute atomic E-state index is 5.35. The van der Waals surface area contributed by atoms with Crippen LogP contribution >= 0.6 is 0 Å². The van der Waals surface area contributed by atoms with E-state index in [0.717, 1.165) is 11.3 Å². The molecule has 0 aliphatic carbocycles. The average molecular weight is 216 g/mol. The highest BCUT2D eigenvalue weighted by molar-refractivity contribution is 5.63. The monoisotopic (exact) mass is 216 g/mol. The quantitative estimate of drug-likeness (QED) is 0.688. The first-order valence-electron chi connectivity index (χ1n) is 5.45. The molecule has 0 bridgehead atoms. The Balaban J connectivity index is 3.30. The average Bonchev–Trinajstić information content (AvgIpc) is 2.22. The van der Waals surface area contributed by atoms with Crippen LogP contribution in [0, 0.1) is 20.8 Å². The maximum Gasteiger partial charge on any atom is 0.122 e. The molecule has 0 unspecified atom stereocenters. The molecule has 0 fully saturated rings. The maximum atomic E-state index is 5.35. The van der Waals surface area contributed by atoms with Crippen molar-refractivity contribution in [2.75, 3.05) is 7.11 Å². The van der Waals surface area contributed by atoms with E-state index in [-0.39, 0.29) is 0 Å². The summed E-state index contributed by atoms with van der Waals surface area (Å²) in [4.78, 5) is 0. The molecular weight excluding hydrogens is 196 g/mol. The fraction of sp³-hybridized carbons (Fsp3) is 0.333. The number of allylic oxidation sites excluding steroid dienone is 2. The zero-order valence-electron chi connectivity index (χ0n) is 10.8. The van der Waals surface area contributed by atoms with Gasteiger partial charge in [-0.25, -0.2) is 0 Å². The highest BCUT2D eigenvalue weighted by atomic mass is 16.5. The standard InChI is InChI=1S/C15H20O/c1-10(2)7-8-14-11(3)9-15(16-6)13(5)12(14)4/h7-9H,1H2,2-6H3/b8-7+. The predicted octanol–water partition coefficient (Wildman–Crippen LogP) is 4.21. The minimum Gasteiger partial charge on any atom is -0.496 e. The first kappa shape index (κ1) is 12.6. The second kappa shape index (κ2) is 5.02. The van der Waals surface area contributed by atoms with Crippen molar-refractivity contribution in [3.63, 3.8) is 0 Å². The van der Waals surface area contributed by atoms with E-state index >= 15 is 0 Å². The van der Waals surface area contributed by atoms with Crippen LogP contribution in [0.1, 0.15) is 29.2 Å². The number of methoxy groups -OCH3 is 1. The van der Waals surface area contributed by atoms with E-state index in [1.807, 2.05) is 13.0 Å². The van der Waals surface area contributed by atoms with Crippen molar-refractivity contribution in [2.45, 2.75) is 27.7 Å². The summed E-state index contributed by atoms with van der Waals surface area (Å²) >= 11 is 0. The van der Waals surface area contributed by atoms with E-state index in [1.165, 1.54) is 22.3 Å². The Labute approximate surface area is 98.5 Å². The number of rotatable bonds is 3. The molecule has 86 valence electrons. The lowest BCUT2D eigenvalue weighted by Gasteiger charge is -2.13. The zero-order valence-corrected chi connectivity index (χ0v) is 10.8. The topological polar surface area (TPSA) is 9.23 Å². The molecule has 1 aromatic carbocycles. The second-order valence-corrected chi connectivity index (χ2v) is 4.24. The molecule has 0 saturated heterocycles. The smallest absolute Gasteiger partial charge is 0.122 e. The molecule has 0 aliphatic heterocycles. The number of ether oxygens (including phenoxy) is 1. The summed E-state index contributed by atoms with van der Waals surface area (Å²) in [6.45, 7) is 12.2. The second-order valence-electron chi connectivity index (χ2n) is 4.24. The van der Waals surface area contributed by atoms with Gasteiger partial charge >= 0.3 is 0 Å². The van der Waals surface area contributed by atoms with E-state index < -0.39 is 0 Å². The molecule has 0 aromatic heterocycles. The molecule has 0 spiro atoms. The van der Waals surface area contributed by atoms with Crippen LogP contribution in [0.15, 0.2) is 24.3 Å². The van der Waals surface area contributed by atoms with Gasteiger partial charge in [0.05, 0.1) is 7.11 Å². The molecule has 1 rings (SSSR count). The van der Waals surface area contributed by atoms with Crippen molar-refractivity contribution in [1.29, 1.82) is 0 Å². The van der Waals surface area contributed by atoms with Gasteiger partial charge in [-0.2, -0.15) is 0 Å². The van der Waals surface area contributed by atoms with Gasteiger partial charge in [-0.3, -0.25) is 0 Å². The van der Waals surface area contributed by atoms with Crippen LogP contribution in [0.2, 0.25) is 0 Å². The summed E-state index contributed by atoms with van der Waals surface area (Å²) < 4.78 is 5.35. The summed E-state index contributed by atoms with van der Waals surface area (Å²) in [6.07, 6.45) is 4.17. The van der Waals surface area contributed by atoms with Gasteiger partial charge in [0.2, 0.25) is 0 Å². The highest BCUT2D eigenvalue weighted by Crippen LogP contribution is 2.28. The van der Waals surface area contributed by atoms with E-state index in [9.17, 15) is 0 Å². The van der Waals surface area contributed by atoms with E-state index in [4.69, 9.17) is 4.74 Å². The van der Waals surface area contributed by atoms with Gasteiger partial charge in [0.15, 0.2) is 0 Å². The van der Waals surface area contributed by atoms with Gasteiger partial charge in [-0.05, 0) is 56.0 Å². The third kappa shape index (κ3) is 2.54. The summed E-state index contributed by atoms with van der Waals surface area (Å²) in [6, 6.07) is 2.08. The molecule has 0 saturated carbocycles. The number of hydrogen-bond donors (Lipinski definition) is 0. The van der Waals surface area contributed by atoms with Crippen molar-refractivity contribution in [3.05, 3.63) is 46.5 Å². The highest BCUT2D eigenvalue weighted by Gasteiger charge is 2.08. The van der Waals surface area contributed by atoms with Gasteiger partial charge in [-0.1, -0.05) is 24.3 Å². The normalized spacial score (nSPS) is 10.8. The van der Waals surface area contributed by atoms with Crippen molar-refractivity contribution < 1.29 is 4.74 Å². The molecule has 16 heavy (non-hydrogen) atoms. The Bertz CT molecular complexity index is 439. The molecule has 1 nitrogen and oxygen atoms in total. The SMILES string of the molecule is C=C(C)/C=C/c1c(C)cc(OC)c(C)c1C. The molecule has 1 aromatic rings. The van der Waals surface area contributed by atoms with Crippen molar-refractivity contribution in [3.8, 4) is 5.75 Å². The van der Waals surface area contributed by atoms with Crippen LogP contribution in [0.3, 0.4) is 0 Å². The number of aryl methyl sites for hydroxylation is 1. The summed E-state index contributed by atoms with van der Waals surface area (Å²) in [5.41, 5.74) is 6.04. The van der Waals surface area contributed by atoms with Crippen molar-refractivity contribution in [1.82, 2.24) is 0 Å². The summed E-state index contributed by atoms with van der Waals surface area (Å²) in [5, 5.41) is 0. The zero-order chi connectivity index (χ0) is 12.3.